The third-order valence-corrected chi connectivity index (χ3v) is 6.38. The number of rotatable bonds is 8. The van der Waals surface area contributed by atoms with E-state index >= 15 is 0 Å². The van der Waals surface area contributed by atoms with Crippen molar-refractivity contribution in [3.63, 3.8) is 0 Å². The molecule has 6 nitrogen and oxygen atoms in total. The van der Waals surface area contributed by atoms with Crippen LogP contribution in [0.5, 0.6) is 5.75 Å². The fourth-order valence-corrected chi connectivity index (χ4v) is 4.67. The molecule has 32 heavy (non-hydrogen) atoms. The number of H-pyrrole nitrogens is 1. The first-order valence-electron chi connectivity index (χ1n) is 10.9. The number of amides is 1. The number of nitrogens with zero attached hydrogens (tertiary/aromatic N) is 1. The summed E-state index contributed by atoms with van der Waals surface area (Å²) in [4.78, 5) is 33.1. The number of nitrogens with one attached hydrogen (secondary N) is 2. The molecule has 1 atom stereocenters. The number of carbonyl (C=O) groups excluding carboxylic acids is 1. The summed E-state index contributed by atoms with van der Waals surface area (Å²) in [5, 5.41) is 3.29. The molecule has 2 heterocycles. The summed E-state index contributed by atoms with van der Waals surface area (Å²) in [7, 11) is 0. The SMILES string of the molecule is CCCCOc1ccccc1C1CC(=O)Nc2nc(SCc3cccc(C)c3)[nH]c(=O)c21. The Labute approximate surface area is 191 Å². The minimum atomic E-state index is -0.399. The Morgan fingerprint density at radius 3 is 2.81 bits per heavy atom. The average Bonchev–Trinajstić information content (AvgIpc) is 2.77. The maximum Gasteiger partial charge on any atom is 0.257 e. The molecule has 4 rings (SSSR count). The molecule has 0 aliphatic carbocycles. The van der Waals surface area contributed by atoms with Crippen molar-refractivity contribution >= 4 is 23.5 Å². The summed E-state index contributed by atoms with van der Waals surface area (Å²) >= 11 is 1.44. The van der Waals surface area contributed by atoms with Gasteiger partial charge in [-0.2, -0.15) is 0 Å². The highest BCUT2D eigenvalue weighted by Crippen LogP contribution is 2.38. The van der Waals surface area contributed by atoms with E-state index in [1.807, 2.05) is 49.4 Å². The smallest absolute Gasteiger partial charge is 0.257 e. The maximum absolute atomic E-state index is 13.1. The number of para-hydroxylation sites is 1. The molecule has 0 radical (unpaired) electrons. The third-order valence-electron chi connectivity index (χ3n) is 5.44. The standard InChI is InChI=1S/C25H27N3O3S/c1-3-4-12-31-20-11-6-5-10-18(20)19-14-21(29)26-23-22(19)24(30)28-25(27-23)32-15-17-9-7-8-16(2)13-17/h5-11,13,19H,3-4,12,14-15H2,1-2H3,(H2,26,27,28,29,30). The number of carbonyl (C=O) groups is 1. The largest absolute Gasteiger partial charge is 0.493 e. The van der Waals surface area contributed by atoms with Gasteiger partial charge in [-0.25, -0.2) is 4.98 Å². The Morgan fingerprint density at radius 1 is 1.16 bits per heavy atom. The van der Waals surface area contributed by atoms with Crippen LogP contribution in [0.2, 0.25) is 0 Å². The fraction of sp³-hybridized carbons (Fsp3) is 0.320. The summed E-state index contributed by atoms with van der Waals surface area (Å²) in [5.74, 6) is 1.17. The second kappa shape index (κ2) is 10.0. The second-order valence-corrected chi connectivity index (χ2v) is 8.92. The number of benzene rings is 2. The highest BCUT2D eigenvalue weighted by Gasteiger charge is 2.32. The van der Waals surface area contributed by atoms with Crippen molar-refractivity contribution in [3.8, 4) is 5.75 Å². The predicted molar refractivity (Wildman–Crippen MR) is 128 cm³/mol. The van der Waals surface area contributed by atoms with Gasteiger partial charge in [0.05, 0.1) is 12.2 Å². The number of thioether (sulfide) groups is 1. The Kier molecular flexibility index (Phi) is 6.95. The summed E-state index contributed by atoms with van der Waals surface area (Å²) in [6.45, 7) is 4.76. The van der Waals surface area contributed by atoms with Gasteiger partial charge >= 0.3 is 0 Å². The number of aromatic nitrogens is 2. The van der Waals surface area contributed by atoms with Gasteiger partial charge in [-0.05, 0) is 25.0 Å². The molecule has 3 aromatic rings. The molecule has 0 bridgehead atoms. The van der Waals surface area contributed by atoms with Crippen LogP contribution in [0.25, 0.3) is 0 Å². The molecule has 0 saturated carbocycles. The Balaban J connectivity index is 1.63. The lowest BCUT2D eigenvalue weighted by molar-refractivity contribution is -0.116. The molecule has 2 N–H and O–H groups in total. The average molecular weight is 450 g/mol. The monoisotopic (exact) mass is 449 g/mol. The lowest BCUT2D eigenvalue weighted by Crippen LogP contribution is -2.31. The van der Waals surface area contributed by atoms with Crippen LogP contribution < -0.4 is 15.6 Å². The molecule has 0 fully saturated rings. The first kappa shape index (κ1) is 22.1. The van der Waals surface area contributed by atoms with E-state index in [1.54, 1.807) is 0 Å². The van der Waals surface area contributed by atoms with E-state index < -0.39 is 5.92 Å². The van der Waals surface area contributed by atoms with E-state index in [-0.39, 0.29) is 17.9 Å². The van der Waals surface area contributed by atoms with Gasteiger partial charge in [0.2, 0.25) is 5.91 Å². The van der Waals surface area contributed by atoms with Gasteiger partial charge in [-0.3, -0.25) is 9.59 Å². The molecule has 1 aliphatic heterocycles. The first-order valence-corrected chi connectivity index (χ1v) is 11.9. The van der Waals surface area contributed by atoms with Gasteiger partial charge in [0.15, 0.2) is 5.16 Å². The van der Waals surface area contributed by atoms with Crippen molar-refractivity contribution in [2.75, 3.05) is 11.9 Å². The Hall–Kier alpha value is -3.06. The molecule has 0 spiro atoms. The molecule has 7 heteroatoms. The molecule has 1 aromatic heterocycles. The number of hydrogen-bond donors (Lipinski definition) is 2. The normalized spacial score (nSPS) is 15.2. The fourth-order valence-electron chi connectivity index (χ4n) is 3.86. The predicted octanol–water partition coefficient (Wildman–Crippen LogP) is 5.02. The van der Waals surface area contributed by atoms with E-state index in [1.165, 1.54) is 17.3 Å². The number of unbranched alkanes of at least 4 members (excludes halogenated alkanes) is 1. The van der Waals surface area contributed by atoms with Crippen molar-refractivity contribution in [1.82, 2.24) is 9.97 Å². The van der Waals surface area contributed by atoms with Crippen LogP contribution in [0.15, 0.2) is 58.5 Å². The van der Waals surface area contributed by atoms with Crippen molar-refractivity contribution in [2.24, 2.45) is 0 Å². The van der Waals surface area contributed by atoms with E-state index in [9.17, 15) is 9.59 Å². The second-order valence-electron chi connectivity index (χ2n) is 7.96. The number of aromatic amines is 1. The van der Waals surface area contributed by atoms with Crippen molar-refractivity contribution in [3.05, 3.63) is 81.1 Å². The number of fused-ring (bicyclic) bond motifs is 1. The molecular formula is C25H27N3O3S. The zero-order chi connectivity index (χ0) is 22.5. The molecular weight excluding hydrogens is 422 g/mol. The maximum atomic E-state index is 13.1. The number of anilines is 1. The van der Waals surface area contributed by atoms with Crippen LogP contribution in [0.4, 0.5) is 5.82 Å². The summed E-state index contributed by atoms with van der Waals surface area (Å²) in [5.41, 5.74) is 3.43. The van der Waals surface area contributed by atoms with Crippen LogP contribution in [0, 0.1) is 6.92 Å². The first-order chi connectivity index (χ1) is 15.5. The van der Waals surface area contributed by atoms with Crippen LogP contribution in [0.1, 0.15) is 54.4 Å². The zero-order valence-corrected chi connectivity index (χ0v) is 19.1. The van der Waals surface area contributed by atoms with E-state index in [0.29, 0.717) is 34.6 Å². The van der Waals surface area contributed by atoms with Crippen LogP contribution in [0.3, 0.4) is 0 Å². The lowest BCUT2D eigenvalue weighted by Gasteiger charge is -2.26. The van der Waals surface area contributed by atoms with Gasteiger partial charge in [0.1, 0.15) is 11.6 Å². The summed E-state index contributed by atoms with van der Waals surface area (Å²) in [6.07, 6.45) is 2.16. The summed E-state index contributed by atoms with van der Waals surface area (Å²) < 4.78 is 5.97. The van der Waals surface area contributed by atoms with E-state index in [4.69, 9.17) is 4.74 Å². The van der Waals surface area contributed by atoms with E-state index in [2.05, 4.69) is 28.3 Å². The molecule has 1 aliphatic rings. The van der Waals surface area contributed by atoms with Crippen molar-refractivity contribution in [2.45, 2.75) is 49.9 Å². The van der Waals surface area contributed by atoms with Gasteiger partial charge in [-0.1, -0.05) is 73.1 Å². The Bertz CT molecular complexity index is 1180. The topological polar surface area (TPSA) is 84.1 Å². The summed E-state index contributed by atoms with van der Waals surface area (Å²) in [6, 6.07) is 15.8. The highest BCUT2D eigenvalue weighted by atomic mass is 32.2. The van der Waals surface area contributed by atoms with Gasteiger partial charge in [0.25, 0.3) is 5.56 Å². The number of aryl methyl sites for hydroxylation is 1. The highest BCUT2D eigenvalue weighted by molar-refractivity contribution is 7.98. The molecule has 166 valence electrons. The molecule has 1 unspecified atom stereocenters. The Morgan fingerprint density at radius 2 is 2.00 bits per heavy atom. The van der Waals surface area contributed by atoms with E-state index in [0.717, 1.165) is 24.0 Å². The van der Waals surface area contributed by atoms with Crippen molar-refractivity contribution in [1.29, 1.82) is 0 Å². The van der Waals surface area contributed by atoms with Gasteiger partial charge < -0.3 is 15.0 Å². The number of ether oxygens (including phenoxy) is 1. The minimum absolute atomic E-state index is 0.154. The van der Waals surface area contributed by atoms with Crippen molar-refractivity contribution < 1.29 is 9.53 Å². The molecule has 0 saturated heterocycles. The molecule has 2 aromatic carbocycles. The van der Waals surface area contributed by atoms with Gasteiger partial charge in [-0.15, -0.1) is 0 Å². The minimum Gasteiger partial charge on any atom is -0.493 e. The zero-order valence-electron chi connectivity index (χ0n) is 18.3. The van der Waals surface area contributed by atoms with Crippen LogP contribution >= 0.6 is 11.8 Å². The third kappa shape index (κ3) is 5.05. The quantitative estimate of drug-likeness (QED) is 0.286. The van der Waals surface area contributed by atoms with Crippen LogP contribution in [-0.2, 0) is 10.5 Å². The van der Waals surface area contributed by atoms with Crippen LogP contribution in [-0.4, -0.2) is 22.5 Å². The lowest BCUT2D eigenvalue weighted by atomic mass is 9.86. The van der Waals surface area contributed by atoms with Gasteiger partial charge in [0, 0.05) is 23.7 Å². The molecule has 1 amide bonds. The number of hydrogen-bond acceptors (Lipinski definition) is 5.